The predicted octanol–water partition coefficient (Wildman–Crippen LogP) is 15.3. The Bertz CT molecular complexity index is 3480. The normalized spacial score (nSPS) is 13.7. The highest BCUT2D eigenvalue weighted by Gasteiger charge is 2.46. The monoisotopic (exact) mass is 1020 g/mol. The third-order valence-electron chi connectivity index (χ3n) is 16.3. The molecule has 0 atom stereocenters. The minimum absolute atomic E-state index is 0.00703. The molecule has 8 heteroatoms. The Kier molecular flexibility index (Phi) is 11.2. The van der Waals surface area contributed by atoms with Gasteiger partial charge < -0.3 is 28.7 Å². The molecule has 386 valence electrons. The van der Waals surface area contributed by atoms with Gasteiger partial charge in [-0.1, -0.05) is 174 Å². The Balaban J connectivity index is 0.965. The molecule has 4 heterocycles. The van der Waals surface area contributed by atoms with Crippen LogP contribution in [-0.2, 0) is 21.7 Å². The van der Waals surface area contributed by atoms with Gasteiger partial charge in [-0.3, -0.25) is 0 Å². The van der Waals surface area contributed by atoms with Crippen LogP contribution < -0.4 is 61.5 Å². The van der Waals surface area contributed by atoms with Gasteiger partial charge in [0, 0.05) is 64.0 Å². The standard InChI is InChI=1S/C70H66B2N2O4/c1-67(2,3)43-21-29-47(30-22-43)73(48-31-23-44(24-32-48)68(4,5)6)51-37-61-65-63(39-51)77-59-42-60-56(41-55(59)71(65)53-17-13-15-19-57(53)75-61)72-54-18-14-16-20-58(54)76-62-38-52(40-64(78-60)66(62)72)74(49-33-25-45(26-34-49)69(7,8)9)50-35-27-46(28-36-50)70(10,11)12/h13-42H,1-12H3. The van der Waals surface area contributed by atoms with E-state index >= 15 is 0 Å². The van der Waals surface area contributed by atoms with Crippen molar-refractivity contribution in [1.29, 1.82) is 0 Å². The minimum atomic E-state index is -0.171. The van der Waals surface area contributed by atoms with Gasteiger partial charge in [-0.2, -0.15) is 0 Å². The summed E-state index contributed by atoms with van der Waals surface area (Å²) in [7, 11) is 0. The zero-order chi connectivity index (χ0) is 54.2. The molecule has 0 bridgehead atoms. The van der Waals surface area contributed by atoms with Crippen LogP contribution in [0.15, 0.2) is 182 Å². The van der Waals surface area contributed by atoms with E-state index < -0.39 is 0 Å². The van der Waals surface area contributed by atoms with Gasteiger partial charge >= 0.3 is 0 Å². The maximum absolute atomic E-state index is 7.28. The summed E-state index contributed by atoms with van der Waals surface area (Å²) in [5, 5.41) is 0. The predicted molar refractivity (Wildman–Crippen MR) is 326 cm³/mol. The second-order valence-electron chi connectivity index (χ2n) is 25.8. The van der Waals surface area contributed by atoms with E-state index in [1.807, 2.05) is 0 Å². The average Bonchev–Trinajstić information content (AvgIpc) is 3.29. The maximum Gasteiger partial charge on any atom is 0.260 e. The number of nitrogens with zero attached hydrogens (tertiary/aromatic N) is 2. The van der Waals surface area contributed by atoms with Gasteiger partial charge in [0.15, 0.2) is 0 Å². The lowest BCUT2D eigenvalue weighted by Gasteiger charge is -2.38. The van der Waals surface area contributed by atoms with E-state index in [2.05, 4.69) is 275 Å². The number of fused-ring (bicyclic) bond motifs is 8. The highest BCUT2D eigenvalue weighted by molar-refractivity contribution is 7.01. The van der Waals surface area contributed by atoms with Crippen molar-refractivity contribution < 1.29 is 18.9 Å². The summed E-state index contributed by atoms with van der Waals surface area (Å²) in [5.41, 5.74) is 17.5. The Morgan fingerprint density at radius 1 is 0.256 bits per heavy atom. The highest BCUT2D eigenvalue weighted by atomic mass is 16.5. The lowest BCUT2D eigenvalue weighted by atomic mass is 9.31. The summed E-state index contributed by atoms with van der Waals surface area (Å²) in [6.07, 6.45) is 0. The second-order valence-corrected chi connectivity index (χ2v) is 25.8. The fraction of sp³-hybridized carbons (Fsp3) is 0.229. The Hall–Kier alpha value is -8.09. The van der Waals surface area contributed by atoms with E-state index in [0.29, 0.717) is 0 Å². The van der Waals surface area contributed by atoms with Gasteiger partial charge in [-0.15, -0.1) is 0 Å². The van der Waals surface area contributed by atoms with Crippen LogP contribution in [0.25, 0.3) is 0 Å². The van der Waals surface area contributed by atoms with Crippen LogP contribution in [0.5, 0.6) is 46.0 Å². The summed E-state index contributed by atoms with van der Waals surface area (Å²) in [6.45, 7) is 26.7. The lowest BCUT2D eigenvalue weighted by molar-refractivity contribution is 0.452. The molecule has 0 unspecified atom stereocenters. The van der Waals surface area contributed by atoms with Gasteiger partial charge in [0.2, 0.25) is 0 Å². The van der Waals surface area contributed by atoms with E-state index in [0.717, 1.165) is 113 Å². The molecule has 0 aliphatic carbocycles. The van der Waals surface area contributed by atoms with E-state index in [1.54, 1.807) is 0 Å². The number of benzene rings is 9. The van der Waals surface area contributed by atoms with Crippen molar-refractivity contribution in [2.75, 3.05) is 9.80 Å². The van der Waals surface area contributed by atoms with Crippen molar-refractivity contribution in [2.45, 2.75) is 105 Å². The molecule has 4 aliphatic heterocycles. The molecule has 78 heavy (non-hydrogen) atoms. The van der Waals surface area contributed by atoms with Crippen molar-refractivity contribution >= 4 is 80.3 Å². The van der Waals surface area contributed by atoms with Crippen LogP contribution >= 0.6 is 0 Å². The van der Waals surface area contributed by atoms with Crippen molar-refractivity contribution in [3.63, 3.8) is 0 Å². The molecule has 0 fully saturated rings. The summed E-state index contributed by atoms with van der Waals surface area (Å²) >= 11 is 0. The molecular weight excluding hydrogens is 954 g/mol. The Labute approximate surface area is 461 Å². The van der Waals surface area contributed by atoms with E-state index in [-0.39, 0.29) is 35.1 Å². The first-order valence-corrected chi connectivity index (χ1v) is 27.6. The SMILES string of the molecule is CC(C)(C)c1ccc(N(c2ccc(C(C)(C)C)cc2)c2cc3c4c(c2)Oc2cc5c(cc2B4c2ccccc2O3)B2c3ccccc3Oc3cc(N(c4ccc(C(C)(C)C)cc4)c4ccc(C(C)(C)C)cc4)cc(c32)O5)cc1. The lowest BCUT2D eigenvalue weighted by Crippen LogP contribution is -2.61. The minimum Gasteiger partial charge on any atom is -0.458 e. The number of hydrogen-bond donors (Lipinski definition) is 0. The number of para-hydroxylation sites is 2. The van der Waals surface area contributed by atoms with Crippen molar-refractivity contribution in [3.05, 3.63) is 204 Å². The van der Waals surface area contributed by atoms with Crippen LogP contribution in [0.3, 0.4) is 0 Å². The third kappa shape index (κ3) is 8.43. The van der Waals surface area contributed by atoms with Crippen molar-refractivity contribution in [1.82, 2.24) is 0 Å². The van der Waals surface area contributed by atoms with Crippen LogP contribution in [0.4, 0.5) is 34.1 Å². The van der Waals surface area contributed by atoms with E-state index in [9.17, 15) is 0 Å². The van der Waals surface area contributed by atoms with Gasteiger partial charge in [0.05, 0.1) is 11.4 Å². The molecule has 13 rings (SSSR count). The quantitative estimate of drug-likeness (QED) is 0.155. The largest absolute Gasteiger partial charge is 0.458 e. The molecule has 0 aromatic heterocycles. The summed E-state index contributed by atoms with van der Waals surface area (Å²) < 4.78 is 28.5. The van der Waals surface area contributed by atoms with Crippen molar-refractivity contribution in [3.8, 4) is 46.0 Å². The van der Waals surface area contributed by atoms with Crippen LogP contribution in [0.1, 0.15) is 105 Å². The molecule has 0 radical (unpaired) electrons. The molecular formula is C70H66B2N2O4. The summed E-state index contributed by atoms with van der Waals surface area (Å²) in [5.74, 6) is 6.21. The molecule has 0 saturated heterocycles. The maximum atomic E-state index is 7.28. The first-order chi connectivity index (χ1) is 37.2. The van der Waals surface area contributed by atoms with Gasteiger partial charge in [0.1, 0.15) is 46.0 Å². The zero-order valence-electron chi connectivity index (χ0n) is 47.0. The van der Waals surface area contributed by atoms with Gasteiger partial charge in [-0.05, 0) is 126 Å². The average molecular weight is 1020 g/mol. The highest BCUT2D eigenvalue weighted by Crippen LogP contribution is 2.47. The number of ether oxygens (including phenoxy) is 4. The first-order valence-electron chi connectivity index (χ1n) is 27.6. The zero-order valence-corrected chi connectivity index (χ0v) is 47.0. The summed E-state index contributed by atoms with van der Waals surface area (Å²) in [4.78, 5) is 4.64. The molecule has 6 nitrogen and oxygen atoms in total. The summed E-state index contributed by atoms with van der Waals surface area (Å²) in [6, 6.07) is 66.0. The fourth-order valence-corrected chi connectivity index (χ4v) is 12.0. The topological polar surface area (TPSA) is 43.4 Å². The molecule has 9 aromatic rings. The number of hydrogen-bond acceptors (Lipinski definition) is 6. The first kappa shape index (κ1) is 49.5. The van der Waals surface area contributed by atoms with Gasteiger partial charge in [0.25, 0.3) is 13.4 Å². The Morgan fingerprint density at radius 3 is 0.808 bits per heavy atom. The molecule has 0 amide bonds. The van der Waals surface area contributed by atoms with Crippen LogP contribution in [0, 0.1) is 0 Å². The molecule has 9 aromatic carbocycles. The molecule has 0 N–H and O–H groups in total. The van der Waals surface area contributed by atoms with E-state index in [1.165, 1.54) is 22.3 Å². The van der Waals surface area contributed by atoms with E-state index in [4.69, 9.17) is 18.9 Å². The van der Waals surface area contributed by atoms with Gasteiger partial charge in [-0.25, -0.2) is 0 Å². The molecule has 0 spiro atoms. The number of rotatable bonds is 6. The smallest absolute Gasteiger partial charge is 0.260 e. The van der Waals surface area contributed by atoms with Crippen LogP contribution in [-0.4, -0.2) is 13.4 Å². The second kappa shape index (κ2) is 17.7. The Morgan fingerprint density at radius 2 is 0.526 bits per heavy atom. The van der Waals surface area contributed by atoms with Crippen molar-refractivity contribution in [2.24, 2.45) is 0 Å². The third-order valence-corrected chi connectivity index (χ3v) is 16.3. The number of anilines is 6. The fourth-order valence-electron chi connectivity index (χ4n) is 12.0. The molecule has 4 aliphatic rings. The van der Waals surface area contributed by atoms with Crippen LogP contribution in [0.2, 0.25) is 0 Å². The molecule has 0 saturated carbocycles.